The normalized spacial score (nSPS) is 19.6. The van der Waals surface area contributed by atoms with E-state index in [1.54, 1.807) is 14.0 Å². The number of nitrogen functional groups attached to an aromatic ring is 1. The van der Waals surface area contributed by atoms with Gasteiger partial charge < -0.3 is 15.4 Å². The van der Waals surface area contributed by atoms with Crippen LogP contribution in [0.3, 0.4) is 0 Å². The number of carbonyl (C=O) groups excluding carboxylic acids is 1. The van der Waals surface area contributed by atoms with E-state index in [0.29, 0.717) is 27.2 Å². The Hall–Kier alpha value is -1.13. The predicted molar refractivity (Wildman–Crippen MR) is 69.0 cm³/mol. The molecule has 6 heteroatoms. The molecule has 1 aliphatic rings. The minimum absolute atomic E-state index is 0.0696. The molecule has 2 rings (SSSR count). The van der Waals surface area contributed by atoms with E-state index < -0.39 is 0 Å². The van der Waals surface area contributed by atoms with Gasteiger partial charge in [-0.2, -0.15) is 0 Å². The lowest BCUT2D eigenvalue weighted by Gasteiger charge is -2.19. The molecule has 1 aliphatic heterocycles. The summed E-state index contributed by atoms with van der Waals surface area (Å²) in [6.45, 7) is 1.80. The predicted octanol–water partition coefficient (Wildman–Crippen LogP) is 2.71. The maximum atomic E-state index is 11.8. The molecule has 1 heterocycles. The fourth-order valence-electron chi connectivity index (χ4n) is 1.78. The molecule has 17 heavy (non-hydrogen) atoms. The first-order valence-electron chi connectivity index (χ1n) is 5.12. The van der Waals surface area contributed by atoms with Gasteiger partial charge in [-0.3, -0.25) is 4.79 Å². The topological polar surface area (TPSA) is 55.6 Å². The Morgan fingerprint density at radius 2 is 2.12 bits per heavy atom. The van der Waals surface area contributed by atoms with Crippen LogP contribution in [0.1, 0.15) is 13.3 Å². The second kappa shape index (κ2) is 4.27. The molecular formula is C11H12Cl2N2O2. The average molecular weight is 275 g/mol. The molecule has 4 nitrogen and oxygen atoms in total. The van der Waals surface area contributed by atoms with Crippen LogP contribution >= 0.6 is 23.2 Å². The molecule has 2 N–H and O–H groups in total. The van der Waals surface area contributed by atoms with Crippen LogP contribution in [-0.2, 0) is 4.79 Å². The van der Waals surface area contributed by atoms with E-state index in [1.807, 2.05) is 0 Å². The van der Waals surface area contributed by atoms with Crippen molar-refractivity contribution in [2.45, 2.75) is 19.4 Å². The number of anilines is 2. The van der Waals surface area contributed by atoms with Gasteiger partial charge >= 0.3 is 0 Å². The molecule has 0 aliphatic carbocycles. The van der Waals surface area contributed by atoms with Crippen LogP contribution in [0.15, 0.2) is 6.07 Å². The van der Waals surface area contributed by atoms with Gasteiger partial charge in [-0.05, 0) is 13.0 Å². The summed E-state index contributed by atoms with van der Waals surface area (Å²) in [5.41, 5.74) is 6.64. The summed E-state index contributed by atoms with van der Waals surface area (Å²) < 4.78 is 5.63. The van der Waals surface area contributed by atoms with Crippen LogP contribution in [0.25, 0.3) is 0 Å². The van der Waals surface area contributed by atoms with Gasteiger partial charge in [0.25, 0.3) is 0 Å². The minimum atomic E-state index is -0.261. The van der Waals surface area contributed by atoms with Crippen LogP contribution in [0.4, 0.5) is 11.4 Å². The Labute approximate surface area is 109 Å². The third kappa shape index (κ3) is 2.03. The minimum Gasteiger partial charge on any atom is -0.486 e. The highest BCUT2D eigenvalue weighted by atomic mass is 35.5. The van der Waals surface area contributed by atoms with Crippen molar-refractivity contribution in [2.24, 2.45) is 0 Å². The van der Waals surface area contributed by atoms with E-state index in [4.69, 9.17) is 33.7 Å². The number of amides is 1. The third-order valence-corrected chi connectivity index (χ3v) is 3.29. The molecule has 92 valence electrons. The van der Waals surface area contributed by atoms with Gasteiger partial charge in [0.05, 0.1) is 22.2 Å². The van der Waals surface area contributed by atoms with Crippen molar-refractivity contribution in [3.8, 4) is 5.75 Å². The van der Waals surface area contributed by atoms with E-state index in [0.717, 1.165) is 0 Å². The number of halogens is 2. The SMILES string of the molecule is CC1CC(=O)N(C)c2c(Cl)cc(Cl)c(N)c2O1. The quantitative estimate of drug-likeness (QED) is 0.740. The van der Waals surface area contributed by atoms with Gasteiger partial charge in [0.15, 0.2) is 5.75 Å². The summed E-state index contributed by atoms with van der Waals surface area (Å²) in [7, 11) is 1.64. The molecule has 0 saturated heterocycles. The lowest BCUT2D eigenvalue weighted by Crippen LogP contribution is -2.27. The Morgan fingerprint density at radius 1 is 1.47 bits per heavy atom. The lowest BCUT2D eigenvalue weighted by molar-refractivity contribution is -0.119. The second-order valence-electron chi connectivity index (χ2n) is 4.02. The first-order chi connectivity index (χ1) is 7.91. The molecule has 0 bridgehead atoms. The number of hydrogen-bond acceptors (Lipinski definition) is 3. The van der Waals surface area contributed by atoms with Gasteiger partial charge in [-0.15, -0.1) is 0 Å². The maximum Gasteiger partial charge on any atom is 0.230 e. The second-order valence-corrected chi connectivity index (χ2v) is 4.83. The van der Waals surface area contributed by atoms with Gasteiger partial charge in [-0.25, -0.2) is 0 Å². The maximum absolute atomic E-state index is 11.8. The zero-order chi connectivity index (χ0) is 12.7. The summed E-state index contributed by atoms with van der Waals surface area (Å²) in [5.74, 6) is 0.309. The molecule has 0 spiro atoms. The van der Waals surface area contributed by atoms with E-state index >= 15 is 0 Å². The number of ether oxygens (including phenoxy) is 1. The highest BCUT2D eigenvalue weighted by Gasteiger charge is 2.29. The molecule has 0 aromatic heterocycles. The van der Waals surface area contributed by atoms with E-state index in [1.165, 1.54) is 11.0 Å². The van der Waals surface area contributed by atoms with Crippen molar-refractivity contribution in [1.29, 1.82) is 0 Å². The molecule has 1 aromatic carbocycles. The molecule has 0 fully saturated rings. The zero-order valence-electron chi connectivity index (χ0n) is 9.46. The van der Waals surface area contributed by atoms with E-state index in [2.05, 4.69) is 0 Å². The first-order valence-corrected chi connectivity index (χ1v) is 5.88. The Balaban J connectivity index is 2.69. The molecule has 1 unspecified atom stereocenters. The van der Waals surface area contributed by atoms with Crippen molar-refractivity contribution < 1.29 is 9.53 Å². The standard InChI is InChI=1S/C11H12Cl2N2O2/c1-5-3-8(16)15(2)10-7(13)4-6(12)9(14)11(10)17-5/h4-5H,3,14H2,1-2H3. The van der Waals surface area contributed by atoms with E-state index in [9.17, 15) is 4.79 Å². The summed E-state index contributed by atoms with van der Waals surface area (Å²) in [6, 6.07) is 1.51. The van der Waals surface area contributed by atoms with Crippen LogP contribution in [0.5, 0.6) is 5.75 Å². The lowest BCUT2D eigenvalue weighted by atomic mass is 10.2. The zero-order valence-corrected chi connectivity index (χ0v) is 11.0. The van der Waals surface area contributed by atoms with Gasteiger partial charge in [0, 0.05) is 7.05 Å². The fourth-order valence-corrected chi connectivity index (χ4v) is 2.36. The van der Waals surface area contributed by atoms with Gasteiger partial charge in [0.1, 0.15) is 11.8 Å². The Bertz CT molecular complexity index is 491. The molecule has 0 radical (unpaired) electrons. The van der Waals surface area contributed by atoms with Crippen molar-refractivity contribution in [1.82, 2.24) is 0 Å². The summed E-state index contributed by atoms with van der Waals surface area (Å²) in [6.07, 6.45) is 0.0153. The van der Waals surface area contributed by atoms with Crippen molar-refractivity contribution >= 4 is 40.5 Å². The third-order valence-electron chi connectivity index (χ3n) is 2.69. The fraction of sp³-hybridized carbons (Fsp3) is 0.364. The van der Waals surface area contributed by atoms with Crippen LogP contribution in [-0.4, -0.2) is 19.1 Å². The number of nitrogens with two attached hydrogens (primary N) is 1. The number of rotatable bonds is 0. The molecule has 1 aromatic rings. The number of fused-ring (bicyclic) bond motifs is 1. The number of benzene rings is 1. The Morgan fingerprint density at radius 3 is 2.76 bits per heavy atom. The van der Waals surface area contributed by atoms with Gasteiger partial charge in [-0.1, -0.05) is 23.2 Å². The molecular weight excluding hydrogens is 263 g/mol. The number of carbonyl (C=O) groups is 1. The summed E-state index contributed by atoms with van der Waals surface area (Å²) >= 11 is 12.0. The van der Waals surface area contributed by atoms with Crippen molar-refractivity contribution in [2.75, 3.05) is 17.7 Å². The van der Waals surface area contributed by atoms with Crippen molar-refractivity contribution in [3.63, 3.8) is 0 Å². The van der Waals surface area contributed by atoms with Crippen molar-refractivity contribution in [3.05, 3.63) is 16.1 Å². The molecule has 1 atom stereocenters. The summed E-state index contributed by atoms with van der Waals surface area (Å²) in [4.78, 5) is 13.3. The summed E-state index contributed by atoms with van der Waals surface area (Å²) in [5, 5.41) is 0.674. The van der Waals surface area contributed by atoms with Crippen LogP contribution < -0.4 is 15.4 Å². The van der Waals surface area contributed by atoms with Gasteiger partial charge in [0.2, 0.25) is 5.91 Å². The molecule has 1 amide bonds. The Kier molecular flexibility index (Phi) is 3.10. The van der Waals surface area contributed by atoms with Crippen LogP contribution in [0, 0.1) is 0 Å². The van der Waals surface area contributed by atoms with Crippen LogP contribution in [0.2, 0.25) is 10.0 Å². The largest absolute Gasteiger partial charge is 0.486 e. The first kappa shape index (κ1) is 12.3. The average Bonchev–Trinajstić information content (AvgIpc) is 2.34. The van der Waals surface area contributed by atoms with E-state index in [-0.39, 0.29) is 18.4 Å². The smallest absolute Gasteiger partial charge is 0.230 e. The number of hydrogen-bond donors (Lipinski definition) is 1. The number of nitrogens with zero attached hydrogens (tertiary/aromatic N) is 1. The monoisotopic (exact) mass is 274 g/mol. The highest BCUT2D eigenvalue weighted by Crippen LogP contribution is 2.46. The highest BCUT2D eigenvalue weighted by molar-refractivity contribution is 6.39. The molecule has 0 saturated carbocycles.